The first-order chi connectivity index (χ1) is 7.83. The van der Waals surface area contributed by atoms with Crippen LogP contribution in [0.5, 0.6) is 0 Å². The van der Waals surface area contributed by atoms with Gasteiger partial charge >= 0.3 is 0 Å². The standard InChI is InChI=1S/C13H16N2O/c14-9-8-13(15)7-4-10-16-11-12-5-2-1-3-6-12/h1-3,5-6,8H,4,7,10-11,15H2/b13-8+. The zero-order chi connectivity index (χ0) is 11.6. The van der Waals surface area contributed by atoms with Crippen LogP contribution in [0.15, 0.2) is 42.1 Å². The molecule has 16 heavy (non-hydrogen) atoms. The summed E-state index contributed by atoms with van der Waals surface area (Å²) in [7, 11) is 0. The van der Waals surface area contributed by atoms with Gasteiger partial charge in [-0.15, -0.1) is 0 Å². The maximum absolute atomic E-state index is 8.35. The molecular formula is C13H16N2O. The Morgan fingerprint density at radius 3 is 2.81 bits per heavy atom. The lowest BCUT2D eigenvalue weighted by Gasteiger charge is -2.04. The van der Waals surface area contributed by atoms with Crippen molar-refractivity contribution in [2.45, 2.75) is 19.4 Å². The first kappa shape index (κ1) is 12.3. The van der Waals surface area contributed by atoms with Gasteiger partial charge in [0.1, 0.15) is 0 Å². The van der Waals surface area contributed by atoms with Crippen molar-refractivity contribution in [1.82, 2.24) is 0 Å². The molecule has 3 heteroatoms. The minimum atomic E-state index is 0.616. The van der Waals surface area contributed by atoms with E-state index in [0.29, 0.717) is 25.3 Å². The van der Waals surface area contributed by atoms with Gasteiger partial charge in [0.15, 0.2) is 0 Å². The number of hydrogen-bond donors (Lipinski definition) is 1. The monoisotopic (exact) mass is 216 g/mol. The molecule has 0 saturated heterocycles. The number of nitrogens with zero attached hydrogens (tertiary/aromatic N) is 1. The van der Waals surface area contributed by atoms with Gasteiger partial charge in [-0.2, -0.15) is 5.26 Å². The molecule has 0 unspecified atom stereocenters. The number of rotatable bonds is 6. The van der Waals surface area contributed by atoms with Gasteiger partial charge in [0.2, 0.25) is 0 Å². The number of ether oxygens (including phenoxy) is 1. The Hall–Kier alpha value is -1.79. The quantitative estimate of drug-likeness (QED) is 0.586. The third-order valence-electron chi connectivity index (χ3n) is 2.12. The molecule has 84 valence electrons. The van der Waals surface area contributed by atoms with Crippen LogP contribution in [0.4, 0.5) is 0 Å². The molecule has 0 spiro atoms. The predicted octanol–water partition coefficient (Wildman–Crippen LogP) is 2.35. The molecule has 1 aromatic carbocycles. The summed E-state index contributed by atoms with van der Waals surface area (Å²) in [5.41, 5.74) is 7.35. The van der Waals surface area contributed by atoms with Crippen molar-refractivity contribution in [1.29, 1.82) is 5.26 Å². The highest BCUT2D eigenvalue weighted by molar-refractivity contribution is 5.13. The summed E-state index contributed by atoms with van der Waals surface area (Å²) in [5, 5.41) is 8.35. The second kappa shape index (κ2) is 7.49. The van der Waals surface area contributed by atoms with E-state index in [9.17, 15) is 0 Å². The topological polar surface area (TPSA) is 59.0 Å². The normalized spacial score (nSPS) is 11.1. The van der Waals surface area contributed by atoms with Gasteiger partial charge in [0, 0.05) is 18.4 Å². The molecule has 0 bridgehead atoms. The highest BCUT2D eigenvalue weighted by atomic mass is 16.5. The Morgan fingerprint density at radius 2 is 2.12 bits per heavy atom. The molecule has 0 aliphatic rings. The molecule has 0 heterocycles. The molecule has 0 atom stereocenters. The fourth-order valence-corrected chi connectivity index (χ4v) is 1.30. The van der Waals surface area contributed by atoms with Gasteiger partial charge in [-0.25, -0.2) is 0 Å². The number of allylic oxidation sites excluding steroid dienone is 2. The van der Waals surface area contributed by atoms with Crippen LogP contribution in [-0.4, -0.2) is 6.61 Å². The highest BCUT2D eigenvalue weighted by Crippen LogP contribution is 2.03. The predicted molar refractivity (Wildman–Crippen MR) is 63.2 cm³/mol. The zero-order valence-corrected chi connectivity index (χ0v) is 9.23. The largest absolute Gasteiger partial charge is 0.401 e. The Balaban J connectivity index is 2.09. The molecule has 2 N–H and O–H groups in total. The summed E-state index contributed by atoms with van der Waals surface area (Å²) in [5.74, 6) is 0. The third kappa shape index (κ3) is 5.18. The molecule has 0 saturated carbocycles. The number of hydrogen-bond acceptors (Lipinski definition) is 3. The van der Waals surface area contributed by atoms with E-state index in [1.807, 2.05) is 36.4 Å². The second-order valence-corrected chi connectivity index (χ2v) is 3.49. The van der Waals surface area contributed by atoms with E-state index >= 15 is 0 Å². The summed E-state index contributed by atoms with van der Waals surface area (Å²) in [6.45, 7) is 1.29. The third-order valence-corrected chi connectivity index (χ3v) is 2.12. The van der Waals surface area contributed by atoms with Crippen molar-refractivity contribution >= 4 is 0 Å². The van der Waals surface area contributed by atoms with E-state index in [1.165, 1.54) is 11.6 Å². The minimum absolute atomic E-state index is 0.616. The van der Waals surface area contributed by atoms with Crippen molar-refractivity contribution in [2.24, 2.45) is 5.73 Å². The maximum Gasteiger partial charge on any atom is 0.0930 e. The molecule has 0 aromatic heterocycles. The van der Waals surface area contributed by atoms with Crippen LogP contribution >= 0.6 is 0 Å². The molecule has 1 aromatic rings. The van der Waals surface area contributed by atoms with Gasteiger partial charge < -0.3 is 10.5 Å². The number of benzene rings is 1. The van der Waals surface area contributed by atoms with Crippen LogP contribution in [0.25, 0.3) is 0 Å². The highest BCUT2D eigenvalue weighted by Gasteiger charge is 1.93. The SMILES string of the molecule is N#C/C=C(/N)CCCOCc1ccccc1. The van der Waals surface area contributed by atoms with Crippen LogP contribution in [0.1, 0.15) is 18.4 Å². The summed E-state index contributed by atoms with van der Waals surface area (Å²) in [4.78, 5) is 0. The van der Waals surface area contributed by atoms with Crippen molar-refractivity contribution in [3.8, 4) is 6.07 Å². The van der Waals surface area contributed by atoms with Crippen molar-refractivity contribution in [2.75, 3.05) is 6.61 Å². The maximum atomic E-state index is 8.35. The minimum Gasteiger partial charge on any atom is -0.401 e. The zero-order valence-electron chi connectivity index (χ0n) is 9.23. The van der Waals surface area contributed by atoms with Crippen LogP contribution in [-0.2, 0) is 11.3 Å². The number of nitriles is 1. The molecule has 3 nitrogen and oxygen atoms in total. The average Bonchev–Trinajstić information content (AvgIpc) is 2.30. The lowest BCUT2D eigenvalue weighted by Crippen LogP contribution is -2.00. The van der Waals surface area contributed by atoms with Crippen LogP contribution in [0.3, 0.4) is 0 Å². The van der Waals surface area contributed by atoms with E-state index in [1.54, 1.807) is 0 Å². The molecule has 0 fully saturated rings. The van der Waals surface area contributed by atoms with Gasteiger partial charge in [-0.1, -0.05) is 30.3 Å². The fourth-order valence-electron chi connectivity index (χ4n) is 1.30. The molecule has 0 amide bonds. The van der Waals surface area contributed by atoms with Gasteiger partial charge in [-0.05, 0) is 18.4 Å². The smallest absolute Gasteiger partial charge is 0.0930 e. The summed E-state index contributed by atoms with van der Waals surface area (Å²) >= 11 is 0. The summed E-state index contributed by atoms with van der Waals surface area (Å²) < 4.78 is 5.48. The van der Waals surface area contributed by atoms with Crippen LogP contribution in [0, 0.1) is 11.3 Å². The molecule has 0 aliphatic heterocycles. The lowest BCUT2D eigenvalue weighted by atomic mass is 10.2. The molecule has 0 radical (unpaired) electrons. The van der Waals surface area contributed by atoms with Crippen molar-refractivity contribution in [3.63, 3.8) is 0 Å². The van der Waals surface area contributed by atoms with Crippen LogP contribution < -0.4 is 5.73 Å². The second-order valence-electron chi connectivity index (χ2n) is 3.49. The van der Waals surface area contributed by atoms with E-state index in [2.05, 4.69) is 0 Å². The Kier molecular flexibility index (Phi) is 5.75. The lowest BCUT2D eigenvalue weighted by molar-refractivity contribution is 0.118. The Labute approximate surface area is 96.1 Å². The first-order valence-electron chi connectivity index (χ1n) is 5.28. The number of nitrogens with two attached hydrogens (primary N) is 1. The van der Waals surface area contributed by atoms with E-state index in [4.69, 9.17) is 15.7 Å². The molecular weight excluding hydrogens is 200 g/mol. The van der Waals surface area contributed by atoms with Gasteiger partial charge in [0.25, 0.3) is 0 Å². The van der Waals surface area contributed by atoms with Crippen molar-refractivity contribution < 1.29 is 4.74 Å². The van der Waals surface area contributed by atoms with E-state index in [0.717, 1.165) is 6.42 Å². The molecule has 1 rings (SSSR count). The summed E-state index contributed by atoms with van der Waals surface area (Å²) in [6.07, 6.45) is 2.93. The average molecular weight is 216 g/mol. The summed E-state index contributed by atoms with van der Waals surface area (Å²) in [6, 6.07) is 11.9. The van der Waals surface area contributed by atoms with Crippen LogP contribution in [0.2, 0.25) is 0 Å². The Bertz CT molecular complexity index is 365. The van der Waals surface area contributed by atoms with Crippen molar-refractivity contribution in [3.05, 3.63) is 47.7 Å². The van der Waals surface area contributed by atoms with Gasteiger partial charge in [-0.3, -0.25) is 0 Å². The first-order valence-corrected chi connectivity index (χ1v) is 5.28. The van der Waals surface area contributed by atoms with Gasteiger partial charge in [0.05, 0.1) is 12.7 Å². The van der Waals surface area contributed by atoms with E-state index < -0.39 is 0 Å². The Morgan fingerprint density at radius 1 is 1.38 bits per heavy atom. The van der Waals surface area contributed by atoms with E-state index in [-0.39, 0.29) is 0 Å². The molecule has 0 aliphatic carbocycles. The fraction of sp³-hybridized carbons (Fsp3) is 0.308.